The molecule has 14 heavy (non-hydrogen) atoms. The minimum Gasteiger partial charge on any atom is -0.358 e. The highest BCUT2D eigenvalue weighted by Gasteiger charge is 2.22. The van der Waals surface area contributed by atoms with Crippen LogP contribution in [0.2, 0.25) is 5.02 Å². The molecule has 0 bridgehead atoms. The third-order valence-corrected chi connectivity index (χ3v) is 1.90. The Morgan fingerprint density at radius 2 is 2.21 bits per heavy atom. The molecule has 0 aliphatic heterocycles. The van der Waals surface area contributed by atoms with E-state index in [9.17, 15) is 18.9 Å². The van der Waals surface area contributed by atoms with Crippen molar-refractivity contribution in [3.63, 3.8) is 0 Å². The number of nitrogens with zero attached hydrogens (tertiary/aromatic N) is 2. The lowest BCUT2D eigenvalue weighted by Crippen LogP contribution is -1.99. The number of rotatable bonds is 2. The van der Waals surface area contributed by atoms with E-state index in [0.717, 1.165) is 6.07 Å². The predicted molar refractivity (Wildman–Crippen MR) is 45.6 cm³/mol. The smallest absolute Gasteiger partial charge is 0.358 e. The third-order valence-electron chi connectivity index (χ3n) is 1.59. The topological polar surface area (TPSA) is 56.0 Å². The van der Waals surface area contributed by atoms with Gasteiger partial charge in [-0.05, 0) is 9.91 Å². The van der Waals surface area contributed by atoms with Gasteiger partial charge in [-0.15, -0.1) is 0 Å². The summed E-state index contributed by atoms with van der Waals surface area (Å²) in [6.07, 6.45) is -2.78. The fourth-order valence-electron chi connectivity index (χ4n) is 0.984. The standard InChI is InChI=1S/C7H5ClF2N2O2/c1-3-6(7(9)10)4(8)2-5(11-3)12(13)14/h2,7H,1H3. The molecule has 4 nitrogen and oxygen atoms in total. The molecule has 0 amide bonds. The van der Waals surface area contributed by atoms with E-state index in [0.29, 0.717) is 0 Å². The number of halogens is 3. The van der Waals surface area contributed by atoms with Crippen molar-refractivity contribution in [2.75, 3.05) is 0 Å². The molecule has 0 radical (unpaired) electrons. The van der Waals surface area contributed by atoms with E-state index < -0.39 is 22.7 Å². The molecule has 0 aliphatic carbocycles. The Labute approximate surface area is 82.7 Å². The van der Waals surface area contributed by atoms with Crippen LogP contribution in [0.15, 0.2) is 6.07 Å². The lowest BCUT2D eigenvalue weighted by atomic mass is 10.2. The Morgan fingerprint density at radius 1 is 1.64 bits per heavy atom. The molecule has 0 atom stereocenters. The van der Waals surface area contributed by atoms with Crippen LogP contribution in [0, 0.1) is 17.0 Å². The zero-order valence-electron chi connectivity index (χ0n) is 7.00. The van der Waals surface area contributed by atoms with Gasteiger partial charge in [0.25, 0.3) is 6.43 Å². The molecule has 0 saturated heterocycles. The molecule has 0 aromatic carbocycles. The molecule has 0 aliphatic rings. The summed E-state index contributed by atoms with van der Waals surface area (Å²) in [5.74, 6) is -0.531. The summed E-state index contributed by atoms with van der Waals surface area (Å²) in [5, 5.41) is 9.95. The van der Waals surface area contributed by atoms with Crippen molar-refractivity contribution in [1.82, 2.24) is 4.98 Å². The molecule has 1 heterocycles. The van der Waals surface area contributed by atoms with Crippen molar-refractivity contribution < 1.29 is 13.7 Å². The summed E-state index contributed by atoms with van der Waals surface area (Å²) in [6.45, 7) is 1.25. The van der Waals surface area contributed by atoms with Crippen molar-refractivity contribution >= 4 is 17.4 Å². The van der Waals surface area contributed by atoms with Crippen LogP contribution in [0.1, 0.15) is 17.7 Å². The van der Waals surface area contributed by atoms with Crippen molar-refractivity contribution in [3.8, 4) is 0 Å². The summed E-state index contributed by atoms with van der Waals surface area (Å²) in [7, 11) is 0. The number of hydrogen-bond donors (Lipinski definition) is 0. The van der Waals surface area contributed by atoms with Crippen LogP contribution in [0.4, 0.5) is 14.6 Å². The normalized spacial score (nSPS) is 10.6. The predicted octanol–water partition coefficient (Wildman–Crippen LogP) is 2.89. The fraction of sp³-hybridized carbons (Fsp3) is 0.286. The van der Waals surface area contributed by atoms with Crippen molar-refractivity contribution in [1.29, 1.82) is 0 Å². The molecule has 1 rings (SSSR count). The van der Waals surface area contributed by atoms with Crippen LogP contribution in [0.5, 0.6) is 0 Å². The van der Waals surface area contributed by atoms with Crippen molar-refractivity contribution in [3.05, 3.63) is 32.5 Å². The van der Waals surface area contributed by atoms with Gasteiger partial charge in [-0.25, -0.2) is 8.78 Å². The fourth-order valence-corrected chi connectivity index (χ4v) is 1.30. The first-order valence-electron chi connectivity index (χ1n) is 3.53. The number of nitro groups is 1. The quantitative estimate of drug-likeness (QED) is 0.571. The second-order valence-corrected chi connectivity index (χ2v) is 2.93. The Hall–Kier alpha value is -1.30. The van der Waals surface area contributed by atoms with Crippen molar-refractivity contribution in [2.24, 2.45) is 0 Å². The van der Waals surface area contributed by atoms with Crippen LogP contribution in [-0.2, 0) is 0 Å². The van der Waals surface area contributed by atoms with Gasteiger partial charge in [-0.1, -0.05) is 11.6 Å². The van der Waals surface area contributed by atoms with E-state index in [-0.39, 0.29) is 10.7 Å². The van der Waals surface area contributed by atoms with E-state index in [1.54, 1.807) is 0 Å². The Morgan fingerprint density at radius 3 is 2.57 bits per heavy atom. The van der Waals surface area contributed by atoms with Crippen LogP contribution < -0.4 is 0 Å². The molecule has 0 unspecified atom stereocenters. The lowest BCUT2D eigenvalue weighted by molar-refractivity contribution is -0.389. The van der Waals surface area contributed by atoms with Crippen LogP contribution in [-0.4, -0.2) is 9.91 Å². The molecule has 7 heteroatoms. The van der Waals surface area contributed by atoms with E-state index in [2.05, 4.69) is 4.98 Å². The van der Waals surface area contributed by atoms with Gasteiger partial charge in [-0.3, -0.25) is 0 Å². The summed E-state index contributed by atoms with van der Waals surface area (Å²) in [5.41, 5.74) is -0.587. The van der Waals surface area contributed by atoms with Gasteiger partial charge in [0, 0.05) is 6.92 Å². The molecule has 1 aromatic rings. The maximum atomic E-state index is 12.3. The molecule has 1 aromatic heterocycles. The maximum absolute atomic E-state index is 12.3. The highest BCUT2D eigenvalue weighted by Crippen LogP contribution is 2.31. The first-order chi connectivity index (χ1) is 6.43. The van der Waals surface area contributed by atoms with Crippen LogP contribution in [0.3, 0.4) is 0 Å². The van der Waals surface area contributed by atoms with Gasteiger partial charge in [0.05, 0.1) is 16.7 Å². The first kappa shape index (κ1) is 10.8. The SMILES string of the molecule is Cc1nc([N+](=O)[O-])cc(Cl)c1C(F)F. The monoisotopic (exact) mass is 222 g/mol. The van der Waals surface area contributed by atoms with Gasteiger partial charge >= 0.3 is 5.82 Å². The average Bonchev–Trinajstić information content (AvgIpc) is 2.01. The molecule has 0 spiro atoms. The number of alkyl halides is 2. The molecule has 0 fully saturated rings. The molecular formula is C7H5ClF2N2O2. The summed E-state index contributed by atoms with van der Waals surface area (Å²) in [6, 6.07) is 0.816. The van der Waals surface area contributed by atoms with Gasteiger partial charge < -0.3 is 10.1 Å². The van der Waals surface area contributed by atoms with Crippen LogP contribution >= 0.6 is 11.6 Å². The third kappa shape index (κ3) is 1.95. The molecule has 0 saturated carbocycles. The number of pyridine rings is 1. The van der Waals surface area contributed by atoms with E-state index in [4.69, 9.17) is 11.6 Å². The Bertz CT molecular complexity index is 361. The second kappa shape index (κ2) is 3.83. The minimum atomic E-state index is -2.78. The first-order valence-corrected chi connectivity index (χ1v) is 3.91. The molecular weight excluding hydrogens is 218 g/mol. The van der Waals surface area contributed by atoms with Gasteiger partial charge in [0.1, 0.15) is 0 Å². The van der Waals surface area contributed by atoms with E-state index in [1.807, 2.05) is 0 Å². The maximum Gasteiger partial charge on any atom is 0.365 e. The summed E-state index contributed by atoms with van der Waals surface area (Å²) < 4.78 is 24.7. The Kier molecular flexibility index (Phi) is 2.95. The highest BCUT2D eigenvalue weighted by atomic mass is 35.5. The summed E-state index contributed by atoms with van der Waals surface area (Å²) in [4.78, 5) is 12.9. The van der Waals surface area contributed by atoms with E-state index >= 15 is 0 Å². The second-order valence-electron chi connectivity index (χ2n) is 2.52. The van der Waals surface area contributed by atoms with Crippen molar-refractivity contribution in [2.45, 2.75) is 13.3 Å². The number of aromatic nitrogens is 1. The zero-order valence-corrected chi connectivity index (χ0v) is 7.76. The molecule has 76 valence electrons. The lowest BCUT2D eigenvalue weighted by Gasteiger charge is -2.03. The van der Waals surface area contributed by atoms with Crippen LogP contribution in [0.25, 0.3) is 0 Å². The molecule has 0 N–H and O–H groups in total. The zero-order chi connectivity index (χ0) is 10.9. The van der Waals surface area contributed by atoms with Gasteiger partial charge in [0.15, 0.2) is 5.69 Å². The minimum absolute atomic E-state index is 0.126. The Balaban J connectivity index is 3.32. The van der Waals surface area contributed by atoms with Gasteiger partial charge in [-0.2, -0.15) is 0 Å². The van der Waals surface area contributed by atoms with Gasteiger partial charge in [0.2, 0.25) is 0 Å². The summed E-state index contributed by atoms with van der Waals surface area (Å²) >= 11 is 5.45. The average molecular weight is 223 g/mol. The highest BCUT2D eigenvalue weighted by molar-refractivity contribution is 6.31. The largest absolute Gasteiger partial charge is 0.365 e. The van der Waals surface area contributed by atoms with E-state index in [1.165, 1.54) is 6.92 Å². The number of aryl methyl sites for hydroxylation is 1. The number of hydrogen-bond acceptors (Lipinski definition) is 3.